The number of unbranched alkanes of at least 4 members (excludes halogenated alkanes) is 1. The molecule has 0 spiro atoms. The SMILES string of the molecule is CCCCNC(=O)c1nnc(-c2ccc(C)cc2)o1. The molecule has 1 N–H and O–H groups in total. The van der Waals surface area contributed by atoms with E-state index in [2.05, 4.69) is 22.4 Å². The minimum Gasteiger partial charge on any atom is -0.412 e. The highest BCUT2D eigenvalue weighted by Gasteiger charge is 2.14. The molecule has 2 rings (SSSR count). The third-order valence-electron chi connectivity index (χ3n) is 2.73. The number of aromatic nitrogens is 2. The number of carbonyl (C=O) groups is 1. The van der Waals surface area contributed by atoms with Crippen molar-refractivity contribution < 1.29 is 9.21 Å². The van der Waals surface area contributed by atoms with E-state index < -0.39 is 0 Å². The molecule has 1 aromatic carbocycles. The second-order valence-corrected chi connectivity index (χ2v) is 4.39. The topological polar surface area (TPSA) is 68.0 Å². The lowest BCUT2D eigenvalue weighted by atomic mass is 10.1. The standard InChI is InChI=1S/C14H17N3O2/c1-3-4-9-15-12(18)14-17-16-13(19-14)11-7-5-10(2)6-8-11/h5-8H,3-4,9H2,1-2H3,(H,15,18). The Morgan fingerprint density at radius 1 is 1.26 bits per heavy atom. The molecule has 1 amide bonds. The quantitative estimate of drug-likeness (QED) is 0.838. The number of carbonyl (C=O) groups excluding carboxylic acids is 1. The van der Waals surface area contributed by atoms with Gasteiger partial charge in [-0.2, -0.15) is 0 Å². The van der Waals surface area contributed by atoms with E-state index in [1.165, 1.54) is 0 Å². The van der Waals surface area contributed by atoms with E-state index >= 15 is 0 Å². The van der Waals surface area contributed by atoms with Crippen LogP contribution in [0.5, 0.6) is 0 Å². The number of hydrogen-bond donors (Lipinski definition) is 1. The molecule has 0 aliphatic carbocycles. The van der Waals surface area contributed by atoms with E-state index in [4.69, 9.17) is 4.42 Å². The Bertz CT molecular complexity index is 546. The van der Waals surface area contributed by atoms with Crippen molar-refractivity contribution in [2.45, 2.75) is 26.7 Å². The van der Waals surface area contributed by atoms with Crippen LogP contribution in [0.2, 0.25) is 0 Å². The number of amides is 1. The first-order chi connectivity index (χ1) is 9.20. The van der Waals surface area contributed by atoms with Crippen molar-refractivity contribution in [3.63, 3.8) is 0 Å². The summed E-state index contributed by atoms with van der Waals surface area (Å²) in [6.45, 7) is 4.69. The highest BCUT2D eigenvalue weighted by atomic mass is 16.4. The minimum absolute atomic E-state index is 0.00618. The fourth-order valence-electron chi connectivity index (χ4n) is 1.58. The number of nitrogens with one attached hydrogen (secondary N) is 1. The lowest BCUT2D eigenvalue weighted by Gasteiger charge is -1.99. The number of hydrogen-bond acceptors (Lipinski definition) is 4. The molecule has 0 aliphatic heterocycles. The Morgan fingerprint density at radius 2 is 2.00 bits per heavy atom. The van der Waals surface area contributed by atoms with Crippen LogP contribution < -0.4 is 5.32 Å². The fraction of sp³-hybridized carbons (Fsp3) is 0.357. The summed E-state index contributed by atoms with van der Waals surface area (Å²) < 4.78 is 5.37. The van der Waals surface area contributed by atoms with Crippen molar-refractivity contribution in [3.8, 4) is 11.5 Å². The Morgan fingerprint density at radius 3 is 2.68 bits per heavy atom. The van der Waals surface area contributed by atoms with E-state index in [-0.39, 0.29) is 11.8 Å². The van der Waals surface area contributed by atoms with Gasteiger partial charge in [-0.15, -0.1) is 10.2 Å². The monoisotopic (exact) mass is 259 g/mol. The van der Waals surface area contributed by atoms with Crippen molar-refractivity contribution in [1.82, 2.24) is 15.5 Å². The van der Waals surface area contributed by atoms with Crippen LogP contribution in [0.4, 0.5) is 0 Å². The Kier molecular flexibility index (Phi) is 4.28. The average Bonchev–Trinajstić information content (AvgIpc) is 2.89. The Balaban J connectivity index is 2.06. The maximum Gasteiger partial charge on any atom is 0.308 e. The summed E-state index contributed by atoms with van der Waals surface area (Å²) in [7, 11) is 0. The molecule has 0 fully saturated rings. The van der Waals surface area contributed by atoms with Gasteiger partial charge in [0.15, 0.2) is 0 Å². The number of rotatable bonds is 5. The number of nitrogens with zero attached hydrogens (tertiary/aromatic N) is 2. The average molecular weight is 259 g/mol. The van der Waals surface area contributed by atoms with Gasteiger partial charge in [0, 0.05) is 12.1 Å². The third-order valence-corrected chi connectivity index (χ3v) is 2.73. The predicted octanol–water partition coefficient (Wildman–Crippen LogP) is 2.57. The van der Waals surface area contributed by atoms with Crippen LogP contribution in [-0.2, 0) is 0 Å². The summed E-state index contributed by atoms with van der Waals surface area (Å²) >= 11 is 0. The highest BCUT2D eigenvalue weighted by Crippen LogP contribution is 2.18. The first-order valence-corrected chi connectivity index (χ1v) is 6.39. The molecular weight excluding hydrogens is 242 g/mol. The molecular formula is C14H17N3O2. The first kappa shape index (κ1) is 13.3. The lowest BCUT2D eigenvalue weighted by molar-refractivity contribution is 0.0919. The highest BCUT2D eigenvalue weighted by molar-refractivity contribution is 5.89. The maximum absolute atomic E-state index is 11.7. The Labute approximate surface area is 112 Å². The van der Waals surface area contributed by atoms with Crippen LogP contribution in [0.3, 0.4) is 0 Å². The summed E-state index contributed by atoms with van der Waals surface area (Å²) in [5.41, 5.74) is 1.96. The van der Waals surface area contributed by atoms with Crippen LogP contribution in [0.1, 0.15) is 36.0 Å². The molecule has 0 aliphatic rings. The second kappa shape index (κ2) is 6.13. The largest absolute Gasteiger partial charge is 0.412 e. The molecule has 1 aromatic heterocycles. The van der Waals surface area contributed by atoms with Gasteiger partial charge in [0.25, 0.3) is 0 Å². The van der Waals surface area contributed by atoms with Crippen LogP contribution in [0.25, 0.3) is 11.5 Å². The van der Waals surface area contributed by atoms with E-state index in [0.717, 1.165) is 24.0 Å². The molecule has 0 atom stereocenters. The zero-order valence-electron chi connectivity index (χ0n) is 11.1. The zero-order valence-corrected chi connectivity index (χ0v) is 11.1. The van der Waals surface area contributed by atoms with Gasteiger partial charge in [-0.05, 0) is 25.5 Å². The Hall–Kier alpha value is -2.17. The van der Waals surface area contributed by atoms with Gasteiger partial charge in [-0.3, -0.25) is 4.79 Å². The van der Waals surface area contributed by atoms with E-state index in [1.807, 2.05) is 31.2 Å². The molecule has 19 heavy (non-hydrogen) atoms. The van der Waals surface area contributed by atoms with Crippen LogP contribution >= 0.6 is 0 Å². The van der Waals surface area contributed by atoms with E-state index in [1.54, 1.807) is 0 Å². The summed E-state index contributed by atoms with van der Waals surface area (Å²) in [6, 6.07) is 7.70. The van der Waals surface area contributed by atoms with Gasteiger partial charge >= 0.3 is 11.8 Å². The lowest BCUT2D eigenvalue weighted by Crippen LogP contribution is -2.24. The molecule has 5 heteroatoms. The molecule has 0 unspecified atom stereocenters. The van der Waals surface area contributed by atoms with Gasteiger partial charge < -0.3 is 9.73 Å². The molecule has 5 nitrogen and oxygen atoms in total. The molecule has 2 aromatic rings. The van der Waals surface area contributed by atoms with Crippen molar-refractivity contribution in [3.05, 3.63) is 35.7 Å². The first-order valence-electron chi connectivity index (χ1n) is 6.39. The van der Waals surface area contributed by atoms with Crippen LogP contribution in [-0.4, -0.2) is 22.6 Å². The summed E-state index contributed by atoms with van der Waals surface area (Å²) in [5, 5.41) is 10.4. The van der Waals surface area contributed by atoms with Gasteiger partial charge in [0.1, 0.15) is 0 Å². The second-order valence-electron chi connectivity index (χ2n) is 4.39. The van der Waals surface area contributed by atoms with E-state index in [9.17, 15) is 4.79 Å². The molecule has 1 heterocycles. The van der Waals surface area contributed by atoms with Gasteiger partial charge in [0.05, 0.1) is 0 Å². The summed E-state index contributed by atoms with van der Waals surface area (Å²) in [5.74, 6) is 0.0478. The molecule has 0 saturated carbocycles. The predicted molar refractivity (Wildman–Crippen MR) is 71.7 cm³/mol. The third kappa shape index (κ3) is 3.40. The van der Waals surface area contributed by atoms with E-state index in [0.29, 0.717) is 12.4 Å². The fourth-order valence-corrected chi connectivity index (χ4v) is 1.58. The molecule has 100 valence electrons. The van der Waals surface area contributed by atoms with Gasteiger partial charge in [-0.25, -0.2) is 0 Å². The summed E-state index contributed by atoms with van der Waals surface area (Å²) in [4.78, 5) is 11.7. The normalized spacial score (nSPS) is 10.4. The smallest absolute Gasteiger partial charge is 0.308 e. The van der Waals surface area contributed by atoms with Crippen molar-refractivity contribution in [1.29, 1.82) is 0 Å². The van der Waals surface area contributed by atoms with Gasteiger partial charge in [0.2, 0.25) is 5.89 Å². The summed E-state index contributed by atoms with van der Waals surface area (Å²) in [6.07, 6.45) is 1.96. The molecule has 0 radical (unpaired) electrons. The van der Waals surface area contributed by atoms with Crippen molar-refractivity contribution >= 4 is 5.91 Å². The van der Waals surface area contributed by atoms with Crippen molar-refractivity contribution in [2.75, 3.05) is 6.54 Å². The minimum atomic E-state index is -0.320. The molecule has 0 bridgehead atoms. The number of aryl methyl sites for hydroxylation is 1. The number of benzene rings is 1. The van der Waals surface area contributed by atoms with Gasteiger partial charge in [-0.1, -0.05) is 31.0 Å². The van der Waals surface area contributed by atoms with Crippen molar-refractivity contribution in [2.24, 2.45) is 0 Å². The maximum atomic E-state index is 11.7. The van der Waals surface area contributed by atoms with Crippen LogP contribution in [0, 0.1) is 6.92 Å². The zero-order chi connectivity index (χ0) is 13.7. The molecule has 0 saturated heterocycles. The van der Waals surface area contributed by atoms with Crippen LogP contribution in [0.15, 0.2) is 28.7 Å².